The Morgan fingerprint density at radius 1 is 1.31 bits per heavy atom. The Kier molecular flexibility index (Phi) is 4.17. The van der Waals surface area contributed by atoms with Crippen molar-refractivity contribution >= 4 is 11.8 Å². The van der Waals surface area contributed by atoms with Gasteiger partial charge in [0.05, 0.1) is 19.1 Å². The second-order valence-corrected chi connectivity index (χ2v) is 3.89. The van der Waals surface area contributed by atoms with Gasteiger partial charge in [-0.25, -0.2) is 8.78 Å². The molecule has 1 rings (SSSR count). The fraction of sp³-hybridized carbons (Fsp3) is 0.778. The van der Waals surface area contributed by atoms with Crippen LogP contribution in [-0.2, 0) is 9.59 Å². The topological polar surface area (TPSA) is 89.4 Å². The van der Waals surface area contributed by atoms with E-state index in [1.54, 1.807) is 0 Å². The third kappa shape index (κ3) is 3.13. The monoisotopic (exact) mass is 235 g/mol. The third-order valence-corrected chi connectivity index (χ3v) is 2.51. The van der Waals surface area contributed by atoms with Gasteiger partial charge in [0.25, 0.3) is 0 Å². The van der Waals surface area contributed by atoms with Crippen molar-refractivity contribution in [1.29, 1.82) is 0 Å². The first-order valence-corrected chi connectivity index (χ1v) is 5.02. The van der Waals surface area contributed by atoms with Crippen LogP contribution in [0.3, 0.4) is 0 Å². The molecule has 0 aromatic carbocycles. The van der Waals surface area contributed by atoms with Gasteiger partial charge >= 0.3 is 0 Å². The smallest absolute Gasteiger partial charge is 0.239 e. The SMILES string of the molecule is NC(=O)CC[C@H](N)C(=O)N1C[C@@H](F)[C@H](F)C1. The molecule has 0 aromatic rings. The molecule has 0 unspecified atom stereocenters. The molecule has 2 amide bonds. The largest absolute Gasteiger partial charge is 0.370 e. The summed E-state index contributed by atoms with van der Waals surface area (Å²) in [5.74, 6) is -1.10. The molecule has 16 heavy (non-hydrogen) atoms. The Labute approximate surface area is 91.7 Å². The van der Waals surface area contributed by atoms with Crippen molar-refractivity contribution in [3.63, 3.8) is 0 Å². The lowest BCUT2D eigenvalue weighted by atomic mass is 10.1. The van der Waals surface area contributed by atoms with Crippen molar-refractivity contribution in [2.75, 3.05) is 13.1 Å². The molecular formula is C9H15F2N3O2. The van der Waals surface area contributed by atoms with Crippen LogP contribution in [0.5, 0.6) is 0 Å². The number of carbonyl (C=O) groups excluding carboxylic acids is 2. The standard InChI is InChI=1S/C9H15F2N3O2/c10-5-3-14(4-6(5)11)9(16)7(12)1-2-8(13)15/h5-7H,1-4,12H2,(H2,13,15)/t5-,6-,7+/m1/s1. The zero-order chi connectivity index (χ0) is 12.3. The molecule has 4 N–H and O–H groups in total. The number of rotatable bonds is 4. The van der Waals surface area contributed by atoms with E-state index in [-0.39, 0.29) is 25.9 Å². The maximum absolute atomic E-state index is 12.8. The van der Waals surface area contributed by atoms with Crippen molar-refractivity contribution in [2.24, 2.45) is 11.5 Å². The van der Waals surface area contributed by atoms with Gasteiger partial charge in [-0.15, -0.1) is 0 Å². The molecule has 3 atom stereocenters. The minimum Gasteiger partial charge on any atom is -0.370 e. The van der Waals surface area contributed by atoms with Crippen LogP contribution in [0.15, 0.2) is 0 Å². The van der Waals surface area contributed by atoms with Crippen LogP contribution in [0, 0.1) is 0 Å². The van der Waals surface area contributed by atoms with Crippen LogP contribution in [0.1, 0.15) is 12.8 Å². The molecule has 0 aliphatic carbocycles. The van der Waals surface area contributed by atoms with E-state index in [0.717, 1.165) is 4.90 Å². The molecule has 1 aliphatic heterocycles. The van der Waals surface area contributed by atoms with Crippen molar-refractivity contribution < 1.29 is 18.4 Å². The highest BCUT2D eigenvalue weighted by atomic mass is 19.2. The van der Waals surface area contributed by atoms with E-state index in [1.165, 1.54) is 0 Å². The van der Waals surface area contributed by atoms with E-state index in [1.807, 2.05) is 0 Å². The second-order valence-electron chi connectivity index (χ2n) is 3.89. The molecule has 0 bridgehead atoms. The fourth-order valence-electron chi connectivity index (χ4n) is 1.56. The van der Waals surface area contributed by atoms with E-state index in [0.29, 0.717) is 0 Å². The van der Waals surface area contributed by atoms with Crippen LogP contribution < -0.4 is 11.5 Å². The van der Waals surface area contributed by atoms with E-state index >= 15 is 0 Å². The number of amides is 2. The lowest BCUT2D eigenvalue weighted by molar-refractivity contribution is -0.132. The van der Waals surface area contributed by atoms with Crippen molar-refractivity contribution in [1.82, 2.24) is 4.90 Å². The van der Waals surface area contributed by atoms with E-state index in [9.17, 15) is 18.4 Å². The van der Waals surface area contributed by atoms with Crippen LogP contribution in [0.4, 0.5) is 8.78 Å². The number of nitrogens with zero attached hydrogens (tertiary/aromatic N) is 1. The minimum absolute atomic E-state index is 0.0150. The number of hydrogen-bond acceptors (Lipinski definition) is 3. The molecular weight excluding hydrogens is 220 g/mol. The number of alkyl halides is 2. The lowest BCUT2D eigenvalue weighted by Crippen LogP contribution is -2.43. The molecule has 0 aromatic heterocycles. The van der Waals surface area contributed by atoms with Gasteiger partial charge in [0.2, 0.25) is 11.8 Å². The summed E-state index contributed by atoms with van der Waals surface area (Å²) in [5.41, 5.74) is 10.4. The minimum atomic E-state index is -1.65. The molecule has 0 radical (unpaired) electrons. The number of halogens is 2. The lowest BCUT2D eigenvalue weighted by Gasteiger charge is -2.19. The molecule has 5 nitrogen and oxygen atoms in total. The molecule has 0 saturated carbocycles. The number of nitrogens with two attached hydrogens (primary N) is 2. The maximum atomic E-state index is 12.8. The molecule has 0 spiro atoms. The molecule has 1 heterocycles. The van der Waals surface area contributed by atoms with Crippen LogP contribution in [-0.4, -0.2) is 48.2 Å². The molecule has 92 valence electrons. The van der Waals surface area contributed by atoms with E-state index in [2.05, 4.69) is 0 Å². The van der Waals surface area contributed by atoms with Crippen molar-refractivity contribution in [3.8, 4) is 0 Å². The summed E-state index contributed by atoms with van der Waals surface area (Å²) in [6.07, 6.45) is -3.21. The number of carbonyl (C=O) groups is 2. The van der Waals surface area contributed by atoms with Crippen molar-refractivity contribution in [3.05, 3.63) is 0 Å². The van der Waals surface area contributed by atoms with Gasteiger partial charge in [-0.1, -0.05) is 0 Å². The summed E-state index contributed by atoms with van der Waals surface area (Å²) in [7, 11) is 0. The summed E-state index contributed by atoms with van der Waals surface area (Å²) in [5, 5.41) is 0. The van der Waals surface area contributed by atoms with Crippen LogP contribution >= 0.6 is 0 Å². The summed E-state index contributed by atoms with van der Waals surface area (Å²) >= 11 is 0. The fourth-order valence-corrected chi connectivity index (χ4v) is 1.56. The van der Waals surface area contributed by atoms with Gasteiger partial charge in [-0.2, -0.15) is 0 Å². The van der Waals surface area contributed by atoms with Crippen molar-refractivity contribution in [2.45, 2.75) is 31.2 Å². The predicted molar refractivity (Wildman–Crippen MR) is 52.8 cm³/mol. The third-order valence-electron chi connectivity index (χ3n) is 2.51. The van der Waals surface area contributed by atoms with Gasteiger partial charge in [-0.3, -0.25) is 9.59 Å². The highest BCUT2D eigenvalue weighted by Gasteiger charge is 2.36. The van der Waals surface area contributed by atoms with Gasteiger partial charge < -0.3 is 16.4 Å². The van der Waals surface area contributed by atoms with Gasteiger partial charge in [-0.05, 0) is 6.42 Å². The Morgan fingerprint density at radius 3 is 2.25 bits per heavy atom. The predicted octanol–water partition coefficient (Wildman–Crippen LogP) is -0.902. The first-order valence-electron chi connectivity index (χ1n) is 5.02. The van der Waals surface area contributed by atoms with Gasteiger partial charge in [0.1, 0.15) is 0 Å². The molecule has 1 fully saturated rings. The highest BCUT2D eigenvalue weighted by molar-refractivity contribution is 5.83. The van der Waals surface area contributed by atoms with E-state index < -0.39 is 30.2 Å². The summed E-state index contributed by atoms with van der Waals surface area (Å²) in [6.45, 7) is -0.547. The van der Waals surface area contributed by atoms with Gasteiger partial charge in [0, 0.05) is 6.42 Å². The average molecular weight is 235 g/mol. The Bertz CT molecular complexity index is 278. The first-order chi connectivity index (χ1) is 7.41. The average Bonchev–Trinajstić information content (AvgIpc) is 2.54. The number of primary amides is 1. The van der Waals surface area contributed by atoms with Gasteiger partial charge in [0.15, 0.2) is 12.3 Å². The zero-order valence-corrected chi connectivity index (χ0v) is 8.73. The quantitative estimate of drug-likeness (QED) is 0.661. The zero-order valence-electron chi connectivity index (χ0n) is 8.73. The molecule has 7 heteroatoms. The molecule has 1 saturated heterocycles. The van der Waals surface area contributed by atoms with Crippen LogP contribution in [0.25, 0.3) is 0 Å². The summed E-state index contributed by atoms with van der Waals surface area (Å²) in [6, 6.07) is -0.926. The summed E-state index contributed by atoms with van der Waals surface area (Å²) in [4.78, 5) is 23.1. The Hall–Kier alpha value is -1.24. The second kappa shape index (κ2) is 5.20. The molecule has 1 aliphatic rings. The summed E-state index contributed by atoms with van der Waals surface area (Å²) < 4.78 is 25.6. The maximum Gasteiger partial charge on any atom is 0.239 e. The normalized spacial score (nSPS) is 26.8. The Balaban J connectivity index is 2.42. The number of likely N-dealkylation sites (tertiary alicyclic amines) is 1. The number of hydrogen-bond donors (Lipinski definition) is 2. The highest BCUT2D eigenvalue weighted by Crippen LogP contribution is 2.17. The van der Waals surface area contributed by atoms with E-state index in [4.69, 9.17) is 11.5 Å². The first kappa shape index (κ1) is 12.8. The Morgan fingerprint density at radius 2 is 1.81 bits per heavy atom. The van der Waals surface area contributed by atoms with Crippen LogP contribution in [0.2, 0.25) is 0 Å².